The molecule has 0 N–H and O–H groups in total. The first-order chi connectivity index (χ1) is 22.3. The summed E-state index contributed by atoms with van der Waals surface area (Å²) in [5.74, 6) is -2.80. The smallest absolute Gasteiger partial charge is 0.239 e. The lowest BCUT2D eigenvalue weighted by atomic mass is 9.59. The predicted molar refractivity (Wildman–Crippen MR) is 181 cm³/mol. The highest BCUT2D eigenvalue weighted by atomic mass is 35.5. The van der Waals surface area contributed by atoms with Gasteiger partial charge in [-0.05, 0) is 71.5 Å². The van der Waals surface area contributed by atoms with Gasteiger partial charge in [0, 0.05) is 5.02 Å². The van der Waals surface area contributed by atoms with E-state index in [9.17, 15) is 9.59 Å². The molecule has 2 aliphatic carbocycles. The molecule has 2 amide bonds. The Morgan fingerprint density at radius 2 is 0.913 bits per heavy atom. The number of carbonyl (C=O) groups is 3. The molecule has 1 heterocycles. The molecule has 1 saturated heterocycles. The molecule has 5 aromatic rings. The molecular weight excluding hydrogens is 590 g/mol. The van der Waals surface area contributed by atoms with Crippen molar-refractivity contribution in [1.29, 1.82) is 0 Å². The number of allylic oxidation sites excluding steroid dienone is 2. The monoisotopic (exact) mass is 619 g/mol. The molecule has 0 radical (unpaired) electrons. The first-order valence-electron chi connectivity index (χ1n) is 15.5. The Bertz CT molecular complexity index is 1940. The lowest BCUT2D eigenvalue weighted by Crippen LogP contribution is -2.45. The van der Waals surface area contributed by atoms with Gasteiger partial charge in [-0.1, -0.05) is 132 Å². The van der Waals surface area contributed by atoms with Gasteiger partial charge in [0.1, 0.15) is 0 Å². The SMILES string of the molecule is Cc1ccc(C2=C(c3ccc(C)cc3)[C@@]3(c4ccccc4)C(=O)[C@@]2(c2ccccc2)[C@H]2C(=O)N(c4ccc(Cl)cc4)C(=O)[C@@H]23)cc1. The van der Waals surface area contributed by atoms with Crippen molar-refractivity contribution >= 4 is 46.0 Å². The van der Waals surface area contributed by atoms with Crippen LogP contribution in [0.15, 0.2) is 133 Å². The lowest BCUT2D eigenvalue weighted by molar-refractivity contribution is -0.130. The number of fused-ring (bicyclic) bond motifs is 5. The molecule has 224 valence electrons. The summed E-state index contributed by atoms with van der Waals surface area (Å²) in [7, 11) is 0. The Kier molecular flexibility index (Phi) is 6.32. The zero-order valence-electron chi connectivity index (χ0n) is 25.4. The number of imide groups is 1. The van der Waals surface area contributed by atoms with Gasteiger partial charge in [0.15, 0.2) is 5.78 Å². The fourth-order valence-corrected chi connectivity index (χ4v) is 8.54. The molecule has 4 nitrogen and oxygen atoms in total. The van der Waals surface area contributed by atoms with E-state index in [-0.39, 0.29) is 17.6 Å². The average Bonchev–Trinajstić information content (AvgIpc) is 3.59. The highest BCUT2D eigenvalue weighted by Crippen LogP contribution is 2.74. The summed E-state index contributed by atoms with van der Waals surface area (Å²) in [6.45, 7) is 4.06. The number of benzene rings is 5. The number of aryl methyl sites for hydroxylation is 2. The predicted octanol–water partition coefficient (Wildman–Crippen LogP) is 8.15. The minimum Gasteiger partial charge on any atom is -0.297 e. The van der Waals surface area contributed by atoms with Crippen LogP contribution in [-0.4, -0.2) is 17.6 Å². The number of halogens is 1. The molecule has 0 unspecified atom stereocenters. The fourth-order valence-electron chi connectivity index (χ4n) is 8.41. The topological polar surface area (TPSA) is 54.5 Å². The van der Waals surface area contributed by atoms with Crippen molar-refractivity contribution in [2.24, 2.45) is 11.8 Å². The maximum atomic E-state index is 15.9. The van der Waals surface area contributed by atoms with Gasteiger partial charge in [-0.2, -0.15) is 0 Å². The molecule has 1 saturated carbocycles. The number of rotatable bonds is 5. The minimum atomic E-state index is -1.43. The average molecular weight is 620 g/mol. The van der Waals surface area contributed by atoms with Crippen LogP contribution in [-0.2, 0) is 25.2 Å². The van der Waals surface area contributed by atoms with Crippen LogP contribution in [0.4, 0.5) is 5.69 Å². The molecule has 46 heavy (non-hydrogen) atoms. The van der Waals surface area contributed by atoms with Crippen molar-refractivity contribution in [3.05, 3.63) is 172 Å². The van der Waals surface area contributed by atoms with E-state index in [0.29, 0.717) is 21.8 Å². The van der Waals surface area contributed by atoms with Crippen LogP contribution in [0.5, 0.6) is 0 Å². The number of carbonyl (C=O) groups excluding carboxylic acids is 3. The van der Waals surface area contributed by atoms with Gasteiger partial charge in [0.25, 0.3) is 0 Å². The van der Waals surface area contributed by atoms with Crippen LogP contribution in [0.2, 0.25) is 5.02 Å². The molecule has 3 aliphatic rings. The van der Waals surface area contributed by atoms with Gasteiger partial charge in [0.05, 0.1) is 28.4 Å². The second kappa shape index (κ2) is 10.2. The van der Waals surface area contributed by atoms with E-state index in [1.165, 1.54) is 4.90 Å². The van der Waals surface area contributed by atoms with E-state index in [1.54, 1.807) is 24.3 Å². The summed E-state index contributed by atoms with van der Waals surface area (Å²) in [6.07, 6.45) is 0. The number of ketones is 1. The maximum Gasteiger partial charge on any atom is 0.239 e. The number of hydrogen-bond donors (Lipinski definition) is 0. The summed E-state index contributed by atoms with van der Waals surface area (Å²) in [5.41, 5.74) is 4.49. The highest BCUT2D eigenvalue weighted by Gasteiger charge is 2.82. The zero-order chi connectivity index (χ0) is 31.8. The second-order valence-electron chi connectivity index (χ2n) is 12.6. The van der Waals surface area contributed by atoms with Gasteiger partial charge in [-0.15, -0.1) is 0 Å². The highest BCUT2D eigenvalue weighted by molar-refractivity contribution is 6.39. The van der Waals surface area contributed by atoms with Gasteiger partial charge >= 0.3 is 0 Å². The lowest BCUT2D eigenvalue weighted by Gasteiger charge is -2.39. The van der Waals surface area contributed by atoms with E-state index in [4.69, 9.17) is 11.6 Å². The summed E-state index contributed by atoms with van der Waals surface area (Å²) in [5, 5.41) is 0.504. The minimum absolute atomic E-state index is 0.129. The molecule has 8 rings (SSSR count). The van der Waals surface area contributed by atoms with Crippen LogP contribution >= 0.6 is 11.6 Å². The van der Waals surface area contributed by atoms with Crippen molar-refractivity contribution in [3.8, 4) is 0 Å². The van der Waals surface area contributed by atoms with Crippen LogP contribution in [0.25, 0.3) is 11.1 Å². The van der Waals surface area contributed by atoms with Gasteiger partial charge < -0.3 is 0 Å². The third kappa shape index (κ3) is 3.59. The van der Waals surface area contributed by atoms with Crippen LogP contribution < -0.4 is 4.90 Å². The molecule has 5 aromatic carbocycles. The van der Waals surface area contributed by atoms with Gasteiger partial charge in [0.2, 0.25) is 11.8 Å². The van der Waals surface area contributed by atoms with Crippen molar-refractivity contribution < 1.29 is 14.4 Å². The zero-order valence-corrected chi connectivity index (χ0v) is 26.2. The van der Waals surface area contributed by atoms with Crippen LogP contribution in [0, 0.1) is 25.7 Å². The molecular formula is C41H30ClNO3. The quantitative estimate of drug-likeness (QED) is 0.187. The molecule has 2 fully saturated rings. The molecule has 0 aromatic heterocycles. The standard InChI is InChI=1S/C41H30ClNO3/c1-25-13-17-27(18-14-25)33-34(28-19-15-26(2)16-20-28)41(30-11-7-4-8-12-30)36-35(40(33,39(41)46)29-9-5-3-6-10-29)37(44)43(38(36)45)32-23-21-31(42)22-24-32/h3-24,35-36H,1-2H3/t35-,36-,40-,41-/m1/s1. The van der Waals surface area contributed by atoms with Crippen molar-refractivity contribution in [3.63, 3.8) is 0 Å². The number of nitrogens with zero attached hydrogens (tertiary/aromatic N) is 1. The summed E-state index contributed by atoms with van der Waals surface area (Å²) >= 11 is 6.22. The van der Waals surface area contributed by atoms with E-state index in [1.807, 2.05) is 123 Å². The first-order valence-corrected chi connectivity index (χ1v) is 15.9. The van der Waals surface area contributed by atoms with Crippen molar-refractivity contribution in [2.75, 3.05) is 4.90 Å². The summed E-state index contributed by atoms with van der Waals surface area (Å²) < 4.78 is 0. The third-order valence-electron chi connectivity index (χ3n) is 10.2. The van der Waals surface area contributed by atoms with Crippen molar-refractivity contribution in [1.82, 2.24) is 0 Å². The van der Waals surface area contributed by atoms with Crippen molar-refractivity contribution in [2.45, 2.75) is 24.7 Å². The summed E-state index contributed by atoms with van der Waals surface area (Å²) in [6, 6.07) is 42.3. The van der Waals surface area contributed by atoms with E-state index in [0.717, 1.165) is 33.4 Å². The van der Waals surface area contributed by atoms with Crippen LogP contribution in [0.1, 0.15) is 33.4 Å². The largest absolute Gasteiger partial charge is 0.297 e. The molecule has 5 heteroatoms. The molecule has 4 atom stereocenters. The first kappa shape index (κ1) is 28.4. The van der Waals surface area contributed by atoms with E-state index in [2.05, 4.69) is 0 Å². The fraction of sp³-hybridized carbons (Fsp3) is 0.146. The Morgan fingerprint density at radius 3 is 1.30 bits per heavy atom. The normalized spacial score (nSPS) is 25.0. The number of Topliss-reactive ketones (excluding diaryl/α,β-unsaturated/α-hetero) is 1. The van der Waals surface area contributed by atoms with Gasteiger partial charge in [-0.25, -0.2) is 4.90 Å². The van der Waals surface area contributed by atoms with E-state index < -0.39 is 22.7 Å². The molecule has 0 spiro atoms. The molecule has 1 aliphatic heterocycles. The maximum absolute atomic E-state index is 15.9. The van der Waals surface area contributed by atoms with Crippen LogP contribution in [0.3, 0.4) is 0 Å². The number of amides is 2. The number of anilines is 1. The summed E-state index contributed by atoms with van der Waals surface area (Å²) in [4.78, 5) is 47.2. The van der Waals surface area contributed by atoms with E-state index >= 15 is 4.79 Å². The number of hydrogen-bond acceptors (Lipinski definition) is 3. The third-order valence-corrected chi connectivity index (χ3v) is 10.5. The van der Waals surface area contributed by atoms with Gasteiger partial charge in [-0.3, -0.25) is 14.4 Å². The Labute approximate surface area is 273 Å². The Morgan fingerprint density at radius 1 is 0.522 bits per heavy atom. The second-order valence-corrected chi connectivity index (χ2v) is 13.0. The Hall–Kier alpha value is -5.06. The Balaban J connectivity index is 1.55. The molecule has 2 bridgehead atoms.